The zero-order valence-corrected chi connectivity index (χ0v) is 16.4. The first-order valence-corrected chi connectivity index (χ1v) is 9.85. The summed E-state index contributed by atoms with van der Waals surface area (Å²) in [6.45, 7) is 3.74. The summed E-state index contributed by atoms with van der Waals surface area (Å²) in [7, 11) is 0. The Balaban J connectivity index is 1.43. The maximum atomic E-state index is 11.7. The number of hydrogen-bond acceptors (Lipinski definition) is 5. The highest BCUT2D eigenvalue weighted by molar-refractivity contribution is 5.84. The molecular weight excluding hydrogens is 368 g/mol. The highest BCUT2D eigenvalue weighted by atomic mass is 16.5. The van der Waals surface area contributed by atoms with Crippen molar-refractivity contribution in [3.63, 3.8) is 0 Å². The Labute approximate surface area is 168 Å². The van der Waals surface area contributed by atoms with E-state index >= 15 is 0 Å². The molecule has 4 rings (SSSR count). The second-order valence-electron chi connectivity index (χ2n) is 6.96. The van der Waals surface area contributed by atoms with Crippen molar-refractivity contribution in [1.29, 1.82) is 0 Å². The van der Waals surface area contributed by atoms with Crippen LogP contribution in [0.4, 0.5) is 4.79 Å². The maximum Gasteiger partial charge on any atom is 0.407 e. The lowest BCUT2D eigenvalue weighted by Crippen LogP contribution is -2.26. The van der Waals surface area contributed by atoms with Crippen molar-refractivity contribution in [1.82, 2.24) is 29.8 Å². The Morgan fingerprint density at radius 2 is 2.24 bits per heavy atom. The lowest BCUT2D eigenvalue weighted by molar-refractivity contribution is 0.144. The first-order valence-electron chi connectivity index (χ1n) is 9.85. The molecule has 0 saturated heterocycles. The van der Waals surface area contributed by atoms with Gasteiger partial charge in [0.15, 0.2) is 5.65 Å². The molecule has 0 radical (unpaired) electrons. The molecule has 0 aliphatic heterocycles. The van der Waals surface area contributed by atoms with Gasteiger partial charge in [0, 0.05) is 23.6 Å². The number of alkyl carbamates (subject to hydrolysis) is 1. The fourth-order valence-electron chi connectivity index (χ4n) is 3.32. The minimum Gasteiger partial charge on any atom is -0.450 e. The number of carbonyl (C=O) groups is 1. The minimum atomic E-state index is -0.354. The van der Waals surface area contributed by atoms with E-state index in [1.54, 1.807) is 12.5 Å². The molecule has 3 heterocycles. The number of benzene rings is 1. The monoisotopic (exact) mass is 392 g/mol. The predicted molar refractivity (Wildman–Crippen MR) is 111 cm³/mol. The number of amides is 1. The smallest absolute Gasteiger partial charge is 0.407 e. The Kier molecular flexibility index (Phi) is 5.69. The van der Waals surface area contributed by atoms with Gasteiger partial charge >= 0.3 is 6.09 Å². The van der Waals surface area contributed by atoms with Crippen molar-refractivity contribution < 1.29 is 9.53 Å². The van der Waals surface area contributed by atoms with Gasteiger partial charge in [-0.25, -0.2) is 19.7 Å². The van der Waals surface area contributed by atoms with Gasteiger partial charge in [0.25, 0.3) is 0 Å². The molecule has 2 N–H and O–H groups in total. The summed E-state index contributed by atoms with van der Waals surface area (Å²) in [5.41, 5.74) is 5.00. The summed E-state index contributed by atoms with van der Waals surface area (Å²) in [5, 5.41) is 3.97. The maximum absolute atomic E-state index is 11.7. The first-order chi connectivity index (χ1) is 14.2. The lowest BCUT2D eigenvalue weighted by atomic mass is 10.1. The molecule has 0 aliphatic carbocycles. The molecule has 4 aromatic rings. The predicted octanol–water partition coefficient (Wildman–Crippen LogP) is 3.42. The van der Waals surface area contributed by atoms with Crippen LogP contribution < -0.4 is 5.32 Å². The van der Waals surface area contributed by atoms with Gasteiger partial charge in [0.1, 0.15) is 11.8 Å². The molecular formula is C21H24N6O2. The zero-order valence-electron chi connectivity index (χ0n) is 16.4. The zero-order chi connectivity index (χ0) is 20.1. The van der Waals surface area contributed by atoms with Gasteiger partial charge < -0.3 is 19.6 Å². The topological polar surface area (TPSA) is 97.7 Å². The number of hydrogen-bond donors (Lipinski definition) is 2. The van der Waals surface area contributed by atoms with Crippen molar-refractivity contribution in [2.75, 3.05) is 13.2 Å². The third-order valence-corrected chi connectivity index (χ3v) is 4.86. The SMILES string of the molecule is CCCCOC(=O)NCCc1c[nH]c2ccc(Cn3cnc4cncnc43)cc12. The van der Waals surface area contributed by atoms with Crippen LogP contribution in [0.3, 0.4) is 0 Å². The Hall–Kier alpha value is -3.42. The number of H-pyrrole nitrogens is 1. The van der Waals surface area contributed by atoms with Crippen molar-refractivity contribution in [2.24, 2.45) is 0 Å². The summed E-state index contributed by atoms with van der Waals surface area (Å²) in [6, 6.07) is 6.35. The van der Waals surface area contributed by atoms with Crippen LogP contribution in [0.25, 0.3) is 22.1 Å². The molecule has 29 heavy (non-hydrogen) atoms. The quantitative estimate of drug-likeness (QED) is 0.448. The number of aromatic nitrogens is 5. The normalized spacial score (nSPS) is 11.2. The summed E-state index contributed by atoms with van der Waals surface area (Å²) < 4.78 is 7.14. The number of ether oxygens (including phenoxy) is 1. The van der Waals surface area contributed by atoms with Crippen LogP contribution in [0.2, 0.25) is 0 Å². The van der Waals surface area contributed by atoms with Crippen LogP contribution in [-0.4, -0.2) is 43.7 Å². The van der Waals surface area contributed by atoms with E-state index in [2.05, 4.69) is 50.4 Å². The average Bonchev–Trinajstić information content (AvgIpc) is 3.33. The summed E-state index contributed by atoms with van der Waals surface area (Å²) in [4.78, 5) is 27.7. The van der Waals surface area contributed by atoms with E-state index in [1.807, 2.05) is 10.8 Å². The number of unbranched alkanes of at least 4 members (excludes halogenated alkanes) is 1. The Morgan fingerprint density at radius 1 is 1.31 bits per heavy atom. The van der Waals surface area contributed by atoms with E-state index in [-0.39, 0.29) is 6.09 Å². The summed E-state index contributed by atoms with van der Waals surface area (Å²) >= 11 is 0. The fourth-order valence-corrected chi connectivity index (χ4v) is 3.32. The van der Waals surface area contributed by atoms with Crippen LogP contribution in [0.15, 0.2) is 43.2 Å². The van der Waals surface area contributed by atoms with Crippen LogP contribution in [0.5, 0.6) is 0 Å². The molecule has 8 heteroatoms. The van der Waals surface area contributed by atoms with E-state index in [1.165, 1.54) is 6.33 Å². The molecule has 8 nitrogen and oxygen atoms in total. The van der Waals surface area contributed by atoms with E-state index < -0.39 is 0 Å². The van der Waals surface area contributed by atoms with Crippen LogP contribution in [-0.2, 0) is 17.7 Å². The molecule has 1 aromatic carbocycles. The van der Waals surface area contributed by atoms with Gasteiger partial charge in [0.2, 0.25) is 0 Å². The van der Waals surface area contributed by atoms with Gasteiger partial charge in [-0.1, -0.05) is 19.4 Å². The molecule has 0 unspecified atom stereocenters. The Bertz CT molecular complexity index is 1120. The number of nitrogens with zero attached hydrogens (tertiary/aromatic N) is 4. The van der Waals surface area contributed by atoms with Crippen LogP contribution >= 0.6 is 0 Å². The van der Waals surface area contributed by atoms with Gasteiger partial charge in [0.05, 0.1) is 25.7 Å². The molecule has 1 amide bonds. The Morgan fingerprint density at radius 3 is 3.14 bits per heavy atom. The highest BCUT2D eigenvalue weighted by Crippen LogP contribution is 2.21. The highest BCUT2D eigenvalue weighted by Gasteiger charge is 2.09. The molecule has 0 fully saturated rings. The van der Waals surface area contributed by atoms with Crippen molar-refractivity contribution in [2.45, 2.75) is 32.7 Å². The largest absolute Gasteiger partial charge is 0.450 e. The van der Waals surface area contributed by atoms with E-state index in [0.717, 1.165) is 52.5 Å². The number of imidazole rings is 1. The first kappa shape index (κ1) is 18.9. The van der Waals surface area contributed by atoms with Gasteiger partial charge in [-0.05, 0) is 36.1 Å². The minimum absolute atomic E-state index is 0.354. The van der Waals surface area contributed by atoms with E-state index in [4.69, 9.17) is 4.74 Å². The van der Waals surface area contributed by atoms with Crippen molar-refractivity contribution >= 4 is 28.2 Å². The summed E-state index contributed by atoms with van der Waals surface area (Å²) in [6.07, 6.45) is 9.31. The second-order valence-corrected chi connectivity index (χ2v) is 6.96. The number of nitrogens with one attached hydrogen (secondary N) is 2. The number of rotatable bonds is 8. The molecule has 150 valence electrons. The summed E-state index contributed by atoms with van der Waals surface area (Å²) in [5.74, 6) is 0. The molecule has 0 atom stereocenters. The molecule has 0 saturated carbocycles. The van der Waals surface area contributed by atoms with E-state index in [0.29, 0.717) is 19.7 Å². The fraction of sp³-hybridized carbons (Fsp3) is 0.333. The average molecular weight is 392 g/mol. The van der Waals surface area contributed by atoms with Gasteiger partial charge in [-0.15, -0.1) is 0 Å². The van der Waals surface area contributed by atoms with Gasteiger partial charge in [-0.3, -0.25) is 0 Å². The lowest BCUT2D eigenvalue weighted by Gasteiger charge is -2.07. The van der Waals surface area contributed by atoms with Crippen molar-refractivity contribution in [3.05, 3.63) is 54.4 Å². The van der Waals surface area contributed by atoms with Crippen LogP contribution in [0.1, 0.15) is 30.9 Å². The van der Waals surface area contributed by atoms with Crippen molar-refractivity contribution in [3.8, 4) is 0 Å². The third kappa shape index (κ3) is 4.37. The van der Waals surface area contributed by atoms with Crippen LogP contribution in [0, 0.1) is 0 Å². The molecule has 0 bridgehead atoms. The third-order valence-electron chi connectivity index (χ3n) is 4.86. The van der Waals surface area contributed by atoms with Gasteiger partial charge in [-0.2, -0.15) is 0 Å². The number of fused-ring (bicyclic) bond motifs is 2. The molecule has 3 aromatic heterocycles. The molecule has 0 aliphatic rings. The second kappa shape index (κ2) is 8.72. The van der Waals surface area contributed by atoms with E-state index in [9.17, 15) is 4.79 Å². The standard InChI is InChI=1S/C21H24N6O2/c1-2-3-8-29-21(28)23-7-6-16-10-24-18-5-4-15(9-17(16)18)12-27-14-26-19-11-22-13-25-20(19)27/h4-5,9-11,13-14,24H,2-3,6-8,12H2,1H3,(H,23,28). The number of aromatic amines is 1. The molecule has 0 spiro atoms. The number of carbonyl (C=O) groups excluding carboxylic acids is 1.